The second-order valence-corrected chi connectivity index (χ2v) is 15.5. The number of nitrogens with zero attached hydrogens (tertiary/aromatic N) is 7. The highest BCUT2D eigenvalue weighted by atomic mass is 32.2. The minimum absolute atomic E-state index is 0.0297. The molecule has 0 aliphatic carbocycles. The first kappa shape index (κ1) is 40.9. The van der Waals surface area contributed by atoms with Gasteiger partial charge in [0.05, 0.1) is 0 Å². The average Bonchev–Trinajstić information content (AvgIpc) is 3.68. The molecule has 18 nitrogen and oxygen atoms in total. The number of imide groups is 1. The van der Waals surface area contributed by atoms with Crippen LogP contribution in [-0.2, 0) is 40.5 Å². The number of hydrogen-bond donors (Lipinski definition) is 3. The van der Waals surface area contributed by atoms with Gasteiger partial charge in [-0.25, -0.2) is 14.3 Å². The molecule has 0 radical (unpaired) electrons. The number of amides is 6. The van der Waals surface area contributed by atoms with E-state index in [2.05, 4.69) is 26.2 Å². The van der Waals surface area contributed by atoms with Gasteiger partial charge in [0.1, 0.15) is 22.9 Å². The average molecular weight is 842 g/mol. The highest BCUT2D eigenvalue weighted by Gasteiger charge is 2.67. The molecule has 7 rings (SSSR count). The van der Waals surface area contributed by atoms with Gasteiger partial charge in [-0.05, 0) is 51.7 Å². The van der Waals surface area contributed by atoms with Crippen molar-refractivity contribution in [1.29, 1.82) is 0 Å². The van der Waals surface area contributed by atoms with Gasteiger partial charge in [-0.1, -0.05) is 84.6 Å². The van der Waals surface area contributed by atoms with Crippen molar-refractivity contribution in [1.82, 2.24) is 45.5 Å². The van der Waals surface area contributed by atoms with Crippen LogP contribution in [-0.4, -0.2) is 125 Å². The molecule has 0 spiro atoms. The number of aryl methyl sites for hydroxylation is 1. The summed E-state index contributed by atoms with van der Waals surface area (Å²) in [6.07, 6.45) is -0.840. The van der Waals surface area contributed by atoms with Crippen molar-refractivity contribution < 1.29 is 43.3 Å². The molecule has 0 unspecified atom stereocenters. The van der Waals surface area contributed by atoms with Crippen LogP contribution in [0.1, 0.15) is 35.8 Å². The van der Waals surface area contributed by atoms with Crippen molar-refractivity contribution in [2.75, 3.05) is 38.2 Å². The zero-order valence-electron chi connectivity index (χ0n) is 32.0. The Bertz CT molecular complexity index is 2260. The number of hydrogen-bond acceptors (Lipinski definition) is 14. The normalized spacial score (nSPS) is 19.6. The van der Waals surface area contributed by atoms with Crippen LogP contribution < -0.4 is 10.6 Å². The van der Waals surface area contributed by atoms with Gasteiger partial charge in [0.2, 0.25) is 11.1 Å². The molecular weight excluding hydrogens is 803 g/mol. The summed E-state index contributed by atoms with van der Waals surface area (Å²) in [6, 6.07) is 21.1. The van der Waals surface area contributed by atoms with Crippen LogP contribution in [0.2, 0.25) is 0 Å². The number of aromatic hydroxyl groups is 1. The van der Waals surface area contributed by atoms with Crippen molar-refractivity contribution >= 4 is 59.2 Å². The van der Waals surface area contributed by atoms with E-state index in [9.17, 15) is 33.9 Å². The molecule has 3 N–H and O–H groups in total. The number of phenols is 1. The number of aromatic nitrogens is 4. The van der Waals surface area contributed by atoms with Crippen molar-refractivity contribution in [3.8, 4) is 5.75 Å². The number of nitrogens with one attached hydrogen (secondary N) is 2. The molecule has 59 heavy (non-hydrogen) atoms. The van der Waals surface area contributed by atoms with Crippen molar-refractivity contribution in [2.24, 2.45) is 7.05 Å². The van der Waals surface area contributed by atoms with E-state index >= 15 is 0 Å². The van der Waals surface area contributed by atoms with Gasteiger partial charge in [0.15, 0.2) is 6.10 Å². The van der Waals surface area contributed by atoms with E-state index in [1.807, 2.05) is 60.7 Å². The standard InChI is InChI=1S/C39H39N9O9S2/c1-4-46-19-20-47(33(52)32(46)51)37(55)40-28(23-15-17-27(49)18-16-23)31(50)41-39(56-3)35(54)48-29(26(21-58-36(39)48)22-59-38-42-43-44-45(38)2)34(53)57-30(24-11-7-5-8-12-24)25-13-9-6-10-14-25/h5-18,28,30,36,49H,4,19-22H2,1-3H3,(H,40,55)(H,41,50)/t28-,36-,39-/m0/s1. The number of carbonyl (C=O) groups excluding carboxylic acids is 6. The number of piperazine rings is 1. The fourth-order valence-electron chi connectivity index (χ4n) is 6.88. The monoisotopic (exact) mass is 841 g/mol. The van der Waals surface area contributed by atoms with Crippen LogP contribution in [0.3, 0.4) is 0 Å². The number of β-lactam (4-membered cyclic amide) rings is 1. The Kier molecular flexibility index (Phi) is 12.0. The first-order chi connectivity index (χ1) is 28.5. The molecule has 3 atom stereocenters. The van der Waals surface area contributed by atoms with Crippen LogP contribution >= 0.6 is 23.5 Å². The molecule has 4 heterocycles. The number of urea groups is 1. The number of benzene rings is 3. The summed E-state index contributed by atoms with van der Waals surface area (Å²) in [5, 5.41) is 26.2. The number of phenolic OH excluding ortho intramolecular Hbond substituents is 1. The van der Waals surface area contributed by atoms with E-state index in [0.29, 0.717) is 26.8 Å². The predicted molar refractivity (Wildman–Crippen MR) is 212 cm³/mol. The lowest BCUT2D eigenvalue weighted by Crippen LogP contribution is -2.81. The number of likely N-dealkylation sites (N-methyl/N-ethyl adjacent to an activating group) is 1. The van der Waals surface area contributed by atoms with Crippen molar-refractivity contribution in [2.45, 2.75) is 35.3 Å². The summed E-state index contributed by atoms with van der Waals surface area (Å²) >= 11 is 2.49. The second-order valence-electron chi connectivity index (χ2n) is 13.5. The second kappa shape index (κ2) is 17.3. The molecule has 1 aromatic heterocycles. The molecule has 3 aliphatic heterocycles. The topological polar surface area (TPSA) is 218 Å². The first-order valence-corrected chi connectivity index (χ1v) is 20.4. The van der Waals surface area contributed by atoms with Gasteiger partial charge in [-0.15, -0.1) is 16.9 Å². The quantitative estimate of drug-likeness (QED) is 0.0578. The summed E-state index contributed by atoms with van der Waals surface area (Å²) in [5.74, 6) is -4.12. The first-order valence-electron chi connectivity index (χ1n) is 18.4. The molecule has 20 heteroatoms. The van der Waals surface area contributed by atoms with E-state index in [1.54, 1.807) is 14.0 Å². The minimum atomic E-state index is -2.03. The van der Waals surface area contributed by atoms with Crippen LogP contribution in [0.5, 0.6) is 5.75 Å². The lowest BCUT2D eigenvalue weighted by atomic mass is 9.96. The van der Waals surface area contributed by atoms with Crippen LogP contribution in [0.25, 0.3) is 0 Å². The molecule has 6 amide bonds. The number of tetrazole rings is 1. The Morgan fingerprint density at radius 3 is 2.20 bits per heavy atom. The third-order valence-corrected chi connectivity index (χ3v) is 12.5. The Hall–Kier alpha value is -6.25. The smallest absolute Gasteiger partial charge is 0.356 e. The predicted octanol–water partition coefficient (Wildman–Crippen LogP) is 2.11. The zero-order valence-corrected chi connectivity index (χ0v) is 33.6. The third kappa shape index (κ3) is 7.97. The molecule has 2 saturated heterocycles. The highest BCUT2D eigenvalue weighted by Crippen LogP contribution is 2.48. The fraction of sp³-hybridized carbons (Fsp3) is 0.308. The number of carbonyl (C=O) groups is 6. The minimum Gasteiger partial charge on any atom is -0.508 e. The molecule has 306 valence electrons. The van der Waals surface area contributed by atoms with Gasteiger partial charge in [-0.2, -0.15) is 0 Å². The molecular formula is C39H39N9O9S2. The Labute approximate surface area is 346 Å². The van der Waals surface area contributed by atoms with Gasteiger partial charge in [0, 0.05) is 45.3 Å². The number of fused-ring (bicyclic) bond motifs is 1. The third-order valence-electron chi connectivity index (χ3n) is 10.0. The Balaban J connectivity index is 1.19. The van der Waals surface area contributed by atoms with Gasteiger partial charge in [0.25, 0.3) is 11.6 Å². The SMILES string of the molecule is CCN1CCN(C(=O)N[C@H](C(=O)N[C@]2(OC)C(=O)N3C(C(=O)OC(c4ccccc4)c4ccccc4)=C(CSc4nnnn4C)CS[C@H]32)c2ccc(O)cc2)C(=O)C1=O. The summed E-state index contributed by atoms with van der Waals surface area (Å²) in [6.45, 7) is 1.97. The maximum Gasteiger partial charge on any atom is 0.356 e. The molecule has 2 fully saturated rings. The molecule has 3 aromatic carbocycles. The maximum absolute atomic E-state index is 14.5. The van der Waals surface area contributed by atoms with Crippen molar-refractivity contribution in [3.05, 3.63) is 113 Å². The molecule has 0 saturated carbocycles. The van der Waals surface area contributed by atoms with Gasteiger partial charge < -0.3 is 30.1 Å². The van der Waals surface area contributed by atoms with Crippen LogP contribution in [0, 0.1) is 0 Å². The molecule has 0 bridgehead atoms. The summed E-state index contributed by atoms with van der Waals surface area (Å²) < 4.78 is 13.5. The number of rotatable bonds is 13. The Morgan fingerprint density at radius 1 is 0.949 bits per heavy atom. The highest BCUT2D eigenvalue weighted by molar-refractivity contribution is 8.01. The van der Waals surface area contributed by atoms with Gasteiger partial charge >= 0.3 is 23.8 Å². The largest absolute Gasteiger partial charge is 0.508 e. The number of ether oxygens (including phenoxy) is 2. The zero-order chi connectivity index (χ0) is 41.8. The number of thioether (sulfide) groups is 2. The number of methoxy groups -OCH3 is 1. The summed E-state index contributed by atoms with van der Waals surface area (Å²) in [4.78, 5) is 85.7. The van der Waals surface area contributed by atoms with E-state index in [-0.39, 0.29) is 48.1 Å². The Morgan fingerprint density at radius 2 is 1.61 bits per heavy atom. The molecule has 4 aromatic rings. The lowest BCUT2D eigenvalue weighted by Gasteiger charge is -2.56. The summed E-state index contributed by atoms with van der Waals surface area (Å²) in [7, 11) is 2.91. The molecule has 3 aliphatic rings. The van der Waals surface area contributed by atoms with Gasteiger partial charge in [-0.3, -0.25) is 29.0 Å². The lowest BCUT2D eigenvalue weighted by molar-refractivity contribution is -0.193. The fourth-order valence-corrected chi connectivity index (χ4v) is 9.31. The van der Waals surface area contributed by atoms with E-state index in [4.69, 9.17) is 9.47 Å². The maximum atomic E-state index is 14.5. The van der Waals surface area contributed by atoms with Crippen LogP contribution in [0.4, 0.5) is 4.79 Å². The number of esters is 1. The van der Waals surface area contributed by atoms with Crippen LogP contribution in [0.15, 0.2) is 101 Å². The summed E-state index contributed by atoms with van der Waals surface area (Å²) in [5.41, 5.74) is 0.0634. The van der Waals surface area contributed by atoms with E-state index < -0.39 is 58.9 Å². The van der Waals surface area contributed by atoms with E-state index in [1.165, 1.54) is 69.4 Å². The van der Waals surface area contributed by atoms with Crippen molar-refractivity contribution in [3.63, 3.8) is 0 Å². The van der Waals surface area contributed by atoms with E-state index in [0.717, 1.165) is 0 Å².